The van der Waals surface area contributed by atoms with Gasteiger partial charge in [-0.25, -0.2) is 4.79 Å². The molecule has 0 spiro atoms. The van der Waals surface area contributed by atoms with Crippen LogP contribution in [-0.4, -0.2) is 24.0 Å². The van der Waals surface area contributed by atoms with Gasteiger partial charge in [-0.05, 0) is 31.2 Å². The van der Waals surface area contributed by atoms with E-state index in [2.05, 4.69) is 5.16 Å². The van der Waals surface area contributed by atoms with Crippen LogP contribution in [0.15, 0.2) is 47.6 Å². The third-order valence-corrected chi connectivity index (χ3v) is 3.02. The van der Waals surface area contributed by atoms with Crippen LogP contribution in [0.3, 0.4) is 0 Å². The molecule has 0 bridgehead atoms. The second-order valence-electron chi connectivity index (χ2n) is 4.26. The molecule has 0 amide bonds. The van der Waals surface area contributed by atoms with Gasteiger partial charge in [0.2, 0.25) is 0 Å². The van der Waals surface area contributed by atoms with E-state index in [1.807, 2.05) is 0 Å². The van der Waals surface area contributed by atoms with Crippen molar-refractivity contribution in [1.82, 2.24) is 0 Å². The Hall–Kier alpha value is -2.53. The van der Waals surface area contributed by atoms with Crippen LogP contribution in [0, 0.1) is 0 Å². The summed E-state index contributed by atoms with van der Waals surface area (Å²) >= 11 is 6.14. The van der Waals surface area contributed by atoms with Gasteiger partial charge in [0.15, 0.2) is 11.5 Å². The molecule has 114 valence electrons. The quantitative estimate of drug-likeness (QED) is 0.299. The molecule has 1 N–H and O–H groups in total. The number of halogens is 1. The van der Waals surface area contributed by atoms with Crippen molar-refractivity contribution in [3.63, 3.8) is 0 Å². The number of rotatable bonds is 5. The largest absolute Gasteiger partial charge is 0.490 e. The van der Waals surface area contributed by atoms with Gasteiger partial charge < -0.3 is 14.7 Å². The van der Waals surface area contributed by atoms with Crippen LogP contribution in [0.25, 0.3) is 0 Å². The minimum atomic E-state index is -0.535. The number of nitrogens with zero attached hydrogens (tertiary/aromatic N) is 1. The van der Waals surface area contributed by atoms with Crippen molar-refractivity contribution >= 4 is 23.8 Å². The van der Waals surface area contributed by atoms with Gasteiger partial charge >= 0.3 is 5.97 Å². The monoisotopic (exact) mass is 319 g/mol. The Balaban J connectivity index is 2.35. The number of ether oxygens (including phenoxy) is 2. The molecule has 0 aliphatic heterocycles. The molecule has 0 heterocycles. The summed E-state index contributed by atoms with van der Waals surface area (Å²) in [6, 6.07) is 11.6. The van der Waals surface area contributed by atoms with Gasteiger partial charge in [0, 0.05) is 5.56 Å². The van der Waals surface area contributed by atoms with Crippen LogP contribution >= 0.6 is 11.6 Å². The molecular formula is C16H14ClNO4. The van der Waals surface area contributed by atoms with E-state index >= 15 is 0 Å². The zero-order valence-electron chi connectivity index (χ0n) is 11.8. The number of hydrogen-bond donors (Lipinski definition) is 1. The lowest BCUT2D eigenvalue weighted by atomic mass is 10.2. The first-order valence-corrected chi connectivity index (χ1v) is 6.94. The maximum atomic E-state index is 12.1. The van der Waals surface area contributed by atoms with Crippen LogP contribution in [-0.2, 0) is 0 Å². The number of benzene rings is 2. The zero-order chi connectivity index (χ0) is 15.9. The molecule has 0 aromatic heterocycles. The van der Waals surface area contributed by atoms with Gasteiger partial charge in [-0.2, -0.15) is 0 Å². The molecule has 0 saturated heterocycles. The fraction of sp³-hybridized carbons (Fsp3) is 0.125. The maximum Gasteiger partial charge on any atom is 0.343 e. The zero-order valence-corrected chi connectivity index (χ0v) is 12.6. The lowest BCUT2D eigenvalue weighted by Gasteiger charge is -2.13. The van der Waals surface area contributed by atoms with E-state index in [9.17, 15) is 4.79 Å². The van der Waals surface area contributed by atoms with E-state index in [0.29, 0.717) is 23.5 Å². The standard InChI is InChI=1S/C16H14ClNO4/c1-2-21-14-9-11(10-18-20)8-13(17)15(14)22-16(19)12-6-4-3-5-7-12/h3-10,20H,2H2,1H3/b18-10+. The van der Waals surface area contributed by atoms with Crippen LogP contribution in [0.4, 0.5) is 0 Å². The van der Waals surface area contributed by atoms with Crippen LogP contribution in [0.1, 0.15) is 22.8 Å². The molecule has 0 unspecified atom stereocenters. The first-order valence-electron chi connectivity index (χ1n) is 6.56. The SMILES string of the molecule is CCOc1cc(/C=N/O)cc(Cl)c1OC(=O)c1ccccc1. The van der Waals surface area contributed by atoms with Crippen molar-refractivity contribution in [2.45, 2.75) is 6.92 Å². The third-order valence-electron chi connectivity index (χ3n) is 2.74. The van der Waals surface area contributed by atoms with Crippen molar-refractivity contribution in [2.24, 2.45) is 5.16 Å². The maximum absolute atomic E-state index is 12.1. The molecule has 6 heteroatoms. The highest BCUT2D eigenvalue weighted by molar-refractivity contribution is 6.32. The molecule has 5 nitrogen and oxygen atoms in total. The minimum Gasteiger partial charge on any atom is -0.490 e. The van der Waals surface area contributed by atoms with Crippen molar-refractivity contribution < 1.29 is 19.5 Å². The van der Waals surface area contributed by atoms with E-state index < -0.39 is 5.97 Å². The normalized spacial score (nSPS) is 10.6. The molecule has 0 radical (unpaired) electrons. The van der Waals surface area contributed by atoms with Crippen LogP contribution in [0.2, 0.25) is 5.02 Å². The predicted octanol–water partition coefficient (Wildman–Crippen LogP) is 3.77. The van der Waals surface area contributed by atoms with E-state index in [0.717, 1.165) is 0 Å². The van der Waals surface area contributed by atoms with Crippen LogP contribution in [0.5, 0.6) is 11.5 Å². The molecule has 22 heavy (non-hydrogen) atoms. The second kappa shape index (κ2) is 7.47. The smallest absolute Gasteiger partial charge is 0.343 e. The fourth-order valence-corrected chi connectivity index (χ4v) is 2.07. The topological polar surface area (TPSA) is 68.1 Å². The molecular weight excluding hydrogens is 306 g/mol. The average Bonchev–Trinajstić information content (AvgIpc) is 2.52. The van der Waals surface area contributed by atoms with Gasteiger partial charge in [-0.1, -0.05) is 35.0 Å². The molecule has 0 aliphatic rings. The van der Waals surface area contributed by atoms with Crippen molar-refractivity contribution in [1.29, 1.82) is 0 Å². The lowest BCUT2D eigenvalue weighted by molar-refractivity contribution is 0.0728. The number of oxime groups is 1. The number of carbonyl (C=O) groups excluding carboxylic acids is 1. The van der Waals surface area contributed by atoms with Gasteiger partial charge in [-0.3, -0.25) is 0 Å². The lowest BCUT2D eigenvalue weighted by Crippen LogP contribution is -2.10. The van der Waals surface area contributed by atoms with Crippen molar-refractivity contribution in [3.8, 4) is 11.5 Å². The Kier molecular flexibility index (Phi) is 5.38. The van der Waals surface area contributed by atoms with Crippen LogP contribution < -0.4 is 9.47 Å². The van der Waals surface area contributed by atoms with E-state index in [-0.39, 0.29) is 10.8 Å². The second-order valence-corrected chi connectivity index (χ2v) is 4.67. The summed E-state index contributed by atoms with van der Waals surface area (Å²) in [6.07, 6.45) is 1.21. The Bertz CT molecular complexity index is 686. The van der Waals surface area contributed by atoms with E-state index in [1.54, 1.807) is 43.3 Å². The molecule has 2 aromatic rings. The molecule has 0 aliphatic carbocycles. The van der Waals surface area contributed by atoms with Gasteiger partial charge in [0.05, 0.1) is 23.4 Å². The Morgan fingerprint density at radius 3 is 2.68 bits per heavy atom. The summed E-state index contributed by atoms with van der Waals surface area (Å²) in [6.45, 7) is 2.16. The number of esters is 1. The summed E-state index contributed by atoms with van der Waals surface area (Å²) < 4.78 is 10.8. The highest BCUT2D eigenvalue weighted by Gasteiger charge is 2.17. The Labute approximate surface area is 132 Å². The first kappa shape index (κ1) is 15.9. The summed E-state index contributed by atoms with van der Waals surface area (Å²) in [4.78, 5) is 12.1. The summed E-state index contributed by atoms with van der Waals surface area (Å²) in [5.41, 5.74) is 0.928. The highest BCUT2D eigenvalue weighted by atomic mass is 35.5. The van der Waals surface area contributed by atoms with Gasteiger partial charge in [0.1, 0.15) is 0 Å². The Morgan fingerprint density at radius 2 is 2.05 bits per heavy atom. The van der Waals surface area contributed by atoms with Crippen molar-refractivity contribution in [2.75, 3.05) is 6.61 Å². The molecule has 0 fully saturated rings. The Morgan fingerprint density at radius 1 is 1.32 bits per heavy atom. The predicted molar refractivity (Wildman–Crippen MR) is 83.4 cm³/mol. The highest BCUT2D eigenvalue weighted by Crippen LogP contribution is 2.36. The minimum absolute atomic E-state index is 0.132. The fourth-order valence-electron chi connectivity index (χ4n) is 1.82. The van der Waals surface area contributed by atoms with E-state index in [1.165, 1.54) is 12.3 Å². The van der Waals surface area contributed by atoms with Gasteiger partial charge in [0.25, 0.3) is 0 Å². The average molecular weight is 320 g/mol. The first-order chi connectivity index (χ1) is 10.7. The third kappa shape index (κ3) is 3.77. The van der Waals surface area contributed by atoms with Gasteiger partial charge in [-0.15, -0.1) is 0 Å². The summed E-state index contributed by atoms with van der Waals surface area (Å²) in [5.74, 6) is -0.103. The molecule has 0 saturated carbocycles. The number of hydrogen-bond acceptors (Lipinski definition) is 5. The van der Waals surface area contributed by atoms with Crippen molar-refractivity contribution in [3.05, 3.63) is 58.6 Å². The molecule has 2 rings (SSSR count). The molecule has 2 aromatic carbocycles. The number of carbonyl (C=O) groups is 1. The summed E-state index contributed by atoms with van der Waals surface area (Å²) in [5, 5.41) is 11.7. The van der Waals surface area contributed by atoms with E-state index in [4.69, 9.17) is 26.3 Å². The summed E-state index contributed by atoms with van der Waals surface area (Å²) in [7, 11) is 0. The molecule has 0 atom stereocenters.